The number of alkyl halides is 3. The molecule has 2 atom stereocenters. The molecule has 0 radical (unpaired) electrons. The van der Waals surface area contributed by atoms with E-state index in [9.17, 15) is 18.0 Å². The van der Waals surface area contributed by atoms with Gasteiger partial charge in [-0.05, 0) is 42.7 Å². The van der Waals surface area contributed by atoms with Gasteiger partial charge in [0.2, 0.25) is 5.91 Å². The van der Waals surface area contributed by atoms with E-state index in [-0.39, 0.29) is 11.7 Å². The van der Waals surface area contributed by atoms with Crippen LogP contribution in [-0.2, 0) is 11.3 Å². The number of hydrogen-bond donors (Lipinski definition) is 0. The van der Waals surface area contributed by atoms with Gasteiger partial charge in [-0.15, -0.1) is 26.3 Å². The number of rotatable bonds is 7. The van der Waals surface area contributed by atoms with Crippen LogP contribution in [0.25, 0.3) is 5.32 Å². The molecule has 1 amide bonds. The molecule has 3 fully saturated rings. The smallest absolute Gasteiger partial charge is 0.573 e. The summed E-state index contributed by atoms with van der Waals surface area (Å²) >= 11 is 0. The van der Waals surface area contributed by atoms with Crippen molar-refractivity contribution in [3.05, 3.63) is 35.1 Å². The zero-order valence-corrected chi connectivity index (χ0v) is 17.3. The molecule has 0 spiro atoms. The summed E-state index contributed by atoms with van der Waals surface area (Å²) in [5.41, 5.74) is 0.714. The zero-order valence-electron chi connectivity index (χ0n) is 17.3. The molecule has 0 N–H and O–H groups in total. The summed E-state index contributed by atoms with van der Waals surface area (Å²) in [5, 5.41) is 4.56. The Hall–Kier alpha value is -1.80. The molecule has 1 saturated carbocycles. The quantitative estimate of drug-likeness (QED) is 0.667. The minimum absolute atomic E-state index is 0.207. The fourth-order valence-electron chi connectivity index (χ4n) is 4.87. The van der Waals surface area contributed by atoms with Crippen LogP contribution in [0.1, 0.15) is 25.3 Å². The normalized spacial score (nSPS) is 27.2. The van der Waals surface area contributed by atoms with Crippen LogP contribution in [0.2, 0.25) is 0 Å². The lowest BCUT2D eigenvalue weighted by molar-refractivity contribution is -0.274. The minimum Gasteiger partial charge on any atom is -0.658 e. The Labute approximate surface area is 175 Å². The molecular formula is C22H29F3N3O2-. The molecule has 8 heteroatoms. The number of nitrogens with zero attached hydrogens (tertiary/aromatic N) is 3. The summed E-state index contributed by atoms with van der Waals surface area (Å²) < 4.78 is 40.9. The summed E-state index contributed by atoms with van der Waals surface area (Å²) in [6.07, 6.45) is -2.47. The average Bonchev–Trinajstić information content (AvgIpc) is 3.12. The maximum atomic E-state index is 12.5. The average molecular weight is 424 g/mol. The second-order valence-corrected chi connectivity index (χ2v) is 9.01. The Morgan fingerprint density at radius 1 is 1.20 bits per heavy atom. The Morgan fingerprint density at radius 3 is 2.57 bits per heavy atom. The topological polar surface area (TPSA) is 46.9 Å². The van der Waals surface area contributed by atoms with E-state index >= 15 is 0 Å². The highest BCUT2D eigenvalue weighted by atomic mass is 19.4. The number of carbonyl (C=O) groups excluding carboxylic acids is 1. The first-order valence-corrected chi connectivity index (χ1v) is 10.8. The lowest BCUT2D eigenvalue weighted by Gasteiger charge is -2.32. The number of amides is 1. The Kier molecular flexibility index (Phi) is 6.25. The third-order valence-electron chi connectivity index (χ3n) is 6.71. The fraction of sp³-hybridized carbons (Fsp3) is 0.682. The molecule has 4 rings (SSSR count). The Bertz CT molecular complexity index is 737. The van der Waals surface area contributed by atoms with Crippen LogP contribution in [-0.4, -0.2) is 61.3 Å². The molecule has 2 heterocycles. The van der Waals surface area contributed by atoms with Gasteiger partial charge in [0.15, 0.2) is 0 Å². The monoisotopic (exact) mass is 424 g/mol. The van der Waals surface area contributed by atoms with E-state index in [1.807, 2.05) is 4.90 Å². The van der Waals surface area contributed by atoms with Crippen LogP contribution in [0.5, 0.6) is 5.75 Å². The third kappa shape index (κ3) is 5.46. The van der Waals surface area contributed by atoms with Crippen molar-refractivity contribution in [3.8, 4) is 5.75 Å². The molecule has 1 aromatic rings. The van der Waals surface area contributed by atoms with Crippen LogP contribution in [0.3, 0.4) is 0 Å². The van der Waals surface area contributed by atoms with Crippen molar-refractivity contribution in [1.82, 2.24) is 9.80 Å². The summed E-state index contributed by atoms with van der Waals surface area (Å²) in [6.45, 7) is 7.57. The largest absolute Gasteiger partial charge is 0.658 e. The number of ether oxygens (including phenoxy) is 1. The van der Waals surface area contributed by atoms with Crippen molar-refractivity contribution < 1.29 is 22.7 Å². The number of piperidine rings is 2. The number of benzene rings is 1. The lowest BCUT2D eigenvalue weighted by atomic mass is 9.99. The van der Waals surface area contributed by atoms with E-state index in [0.29, 0.717) is 36.4 Å². The number of carbonyl (C=O) groups is 1. The van der Waals surface area contributed by atoms with Gasteiger partial charge in [-0.3, -0.25) is 9.69 Å². The summed E-state index contributed by atoms with van der Waals surface area (Å²) in [4.78, 5) is 16.8. The van der Waals surface area contributed by atoms with E-state index in [0.717, 1.165) is 51.5 Å². The summed E-state index contributed by atoms with van der Waals surface area (Å²) in [5.74, 6) is 2.51. The fourth-order valence-corrected chi connectivity index (χ4v) is 4.87. The van der Waals surface area contributed by atoms with Gasteiger partial charge in [-0.25, -0.2) is 0 Å². The molecule has 0 bridgehead atoms. The van der Waals surface area contributed by atoms with E-state index in [1.165, 1.54) is 12.1 Å². The highest BCUT2D eigenvalue weighted by Crippen LogP contribution is 2.52. The van der Waals surface area contributed by atoms with Crippen LogP contribution >= 0.6 is 0 Å². The molecule has 2 aliphatic heterocycles. The van der Waals surface area contributed by atoms with Gasteiger partial charge in [-0.1, -0.05) is 30.5 Å². The second kappa shape index (κ2) is 8.75. The number of halogens is 3. The number of hydrogen-bond acceptors (Lipinski definition) is 3. The van der Waals surface area contributed by atoms with Gasteiger partial charge < -0.3 is 15.0 Å². The molecule has 1 aromatic carbocycles. The van der Waals surface area contributed by atoms with Gasteiger partial charge in [0, 0.05) is 26.2 Å². The van der Waals surface area contributed by atoms with E-state index < -0.39 is 6.36 Å². The predicted octanol–water partition coefficient (Wildman–Crippen LogP) is 3.90. The van der Waals surface area contributed by atoms with Gasteiger partial charge in [0.1, 0.15) is 5.75 Å². The Morgan fingerprint density at radius 2 is 1.90 bits per heavy atom. The third-order valence-corrected chi connectivity index (χ3v) is 6.71. The van der Waals surface area contributed by atoms with E-state index in [4.69, 9.17) is 0 Å². The molecule has 5 nitrogen and oxygen atoms in total. The van der Waals surface area contributed by atoms with Crippen molar-refractivity contribution in [2.24, 2.45) is 23.7 Å². The molecular weight excluding hydrogens is 395 g/mol. The van der Waals surface area contributed by atoms with Crippen LogP contribution < -0.4 is 4.74 Å². The van der Waals surface area contributed by atoms with Crippen molar-refractivity contribution in [1.29, 1.82) is 0 Å². The van der Waals surface area contributed by atoms with Gasteiger partial charge in [-0.2, -0.15) is 0 Å². The highest BCUT2D eigenvalue weighted by molar-refractivity contribution is 5.78. The molecule has 166 valence electrons. The van der Waals surface area contributed by atoms with Gasteiger partial charge in [0.25, 0.3) is 0 Å². The first-order chi connectivity index (χ1) is 14.3. The molecule has 3 aliphatic rings. The molecule has 2 unspecified atom stereocenters. The lowest BCUT2D eigenvalue weighted by Crippen LogP contribution is -2.44. The maximum absolute atomic E-state index is 12.5. The van der Waals surface area contributed by atoms with E-state index in [1.54, 1.807) is 12.1 Å². The van der Waals surface area contributed by atoms with Crippen LogP contribution in [0.15, 0.2) is 24.3 Å². The van der Waals surface area contributed by atoms with Gasteiger partial charge in [0.05, 0.1) is 6.54 Å². The predicted molar refractivity (Wildman–Crippen MR) is 107 cm³/mol. The first-order valence-electron chi connectivity index (χ1n) is 10.8. The van der Waals surface area contributed by atoms with Crippen LogP contribution in [0.4, 0.5) is 13.2 Å². The summed E-state index contributed by atoms with van der Waals surface area (Å²) in [7, 11) is 0. The zero-order chi connectivity index (χ0) is 21.3. The molecule has 30 heavy (non-hydrogen) atoms. The minimum atomic E-state index is -4.68. The van der Waals surface area contributed by atoms with Crippen molar-refractivity contribution in [3.63, 3.8) is 0 Å². The number of likely N-dealkylation sites (tertiary alicyclic amines) is 2. The van der Waals surface area contributed by atoms with Crippen molar-refractivity contribution in [2.45, 2.75) is 32.7 Å². The van der Waals surface area contributed by atoms with Crippen molar-refractivity contribution in [2.75, 3.05) is 39.3 Å². The standard InChI is InChI=1S/C22H29F3N3O2/c1-15-5-7-28(8-6-15)21(29)14-27-12-19-18(20(19)13-27)11-26-10-16-3-2-4-17(9-16)30-22(23,24)25/h2-4,9,15,18-20H,5-8,10-14H2,1H3/q-1. The molecule has 2 saturated heterocycles. The maximum Gasteiger partial charge on any atom is 0.573 e. The second-order valence-electron chi connectivity index (χ2n) is 9.01. The molecule has 1 aliphatic carbocycles. The molecule has 0 aromatic heterocycles. The first kappa shape index (κ1) is 21.4. The highest BCUT2D eigenvalue weighted by Gasteiger charge is 2.53. The van der Waals surface area contributed by atoms with Gasteiger partial charge >= 0.3 is 6.36 Å². The van der Waals surface area contributed by atoms with Crippen molar-refractivity contribution >= 4 is 5.91 Å². The summed E-state index contributed by atoms with van der Waals surface area (Å²) in [6, 6.07) is 5.99. The van der Waals surface area contributed by atoms with E-state index in [2.05, 4.69) is 21.9 Å². The SMILES string of the molecule is CC1CCN(C(=O)CN2CC3C(C[N-]Cc4cccc(OC(F)(F)F)c4)C3C2)CC1. The van der Waals surface area contributed by atoms with Crippen LogP contribution in [0, 0.1) is 23.7 Å². The Balaban J connectivity index is 1.14. The number of fused-ring (bicyclic) bond motifs is 1.